The minimum Gasteiger partial charge on any atom is -0.486 e. The van der Waals surface area contributed by atoms with E-state index < -0.39 is 0 Å². The van der Waals surface area contributed by atoms with Gasteiger partial charge in [-0.15, -0.1) is 11.3 Å². The van der Waals surface area contributed by atoms with E-state index in [0.717, 1.165) is 10.7 Å². The average molecular weight is 368 g/mol. The molecule has 26 heavy (non-hydrogen) atoms. The Kier molecular flexibility index (Phi) is 4.45. The molecule has 0 saturated carbocycles. The van der Waals surface area contributed by atoms with Crippen LogP contribution in [0.25, 0.3) is 0 Å². The number of thiazole rings is 1. The highest BCUT2D eigenvalue weighted by molar-refractivity contribution is 7.09. The molecule has 1 aliphatic heterocycles. The van der Waals surface area contributed by atoms with Crippen molar-refractivity contribution in [1.82, 2.24) is 4.98 Å². The normalized spacial score (nSPS) is 12.0. The van der Waals surface area contributed by atoms with Gasteiger partial charge in [0, 0.05) is 17.1 Å². The van der Waals surface area contributed by atoms with Gasteiger partial charge in [-0.3, -0.25) is 4.79 Å². The third-order valence-corrected chi connectivity index (χ3v) is 4.63. The van der Waals surface area contributed by atoms with Crippen LogP contribution in [0.15, 0.2) is 47.8 Å². The zero-order valence-electron chi connectivity index (χ0n) is 14.0. The number of rotatable bonds is 5. The Labute approximate surface area is 154 Å². The lowest BCUT2D eigenvalue weighted by Gasteiger charge is -2.11. The first-order valence-corrected chi connectivity index (χ1v) is 8.91. The van der Waals surface area contributed by atoms with Gasteiger partial charge in [0.15, 0.2) is 11.5 Å². The second-order valence-corrected chi connectivity index (χ2v) is 6.73. The fourth-order valence-electron chi connectivity index (χ4n) is 2.58. The number of anilines is 1. The summed E-state index contributed by atoms with van der Waals surface area (Å²) in [6.07, 6.45) is 0. The standard InChI is InChI=1S/C19H16N2O4S/c1-12-20-14(10-26-12)9-23-16-5-3-2-4-15(16)19(22)21-13-6-7-17-18(8-13)25-11-24-17/h2-8,10H,9,11H2,1H3,(H,21,22). The van der Waals surface area contributed by atoms with Crippen LogP contribution < -0.4 is 19.5 Å². The van der Waals surface area contributed by atoms with Gasteiger partial charge >= 0.3 is 0 Å². The number of ether oxygens (including phenoxy) is 3. The first-order valence-electron chi connectivity index (χ1n) is 8.03. The molecule has 2 aromatic carbocycles. The van der Waals surface area contributed by atoms with Crippen molar-refractivity contribution >= 4 is 22.9 Å². The summed E-state index contributed by atoms with van der Waals surface area (Å²) in [6.45, 7) is 2.46. The van der Waals surface area contributed by atoms with Crippen LogP contribution in [0.1, 0.15) is 21.1 Å². The number of para-hydroxylation sites is 1. The van der Waals surface area contributed by atoms with E-state index in [-0.39, 0.29) is 12.7 Å². The molecule has 6 nitrogen and oxygen atoms in total. The molecular formula is C19H16N2O4S. The van der Waals surface area contributed by atoms with Crippen molar-refractivity contribution in [3.8, 4) is 17.2 Å². The zero-order chi connectivity index (χ0) is 17.9. The summed E-state index contributed by atoms with van der Waals surface area (Å²) in [6, 6.07) is 12.4. The van der Waals surface area contributed by atoms with Gasteiger partial charge in [-0.1, -0.05) is 12.1 Å². The second-order valence-electron chi connectivity index (χ2n) is 5.66. The fraction of sp³-hybridized carbons (Fsp3) is 0.158. The number of aromatic nitrogens is 1. The van der Waals surface area contributed by atoms with E-state index in [1.54, 1.807) is 47.7 Å². The van der Waals surface area contributed by atoms with E-state index in [4.69, 9.17) is 14.2 Å². The highest BCUT2D eigenvalue weighted by Gasteiger charge is 2.16. The number of amides is 1. The predicted molar refractivity (Wildman–Crippen MR) is 98.1 cm³/mol. The maximum absolute atomic E-state index is 12.7. The molecule has 0 aliphatic carbocycles. The van der Waals surface area contributed by atoms with E-state index in [1.807, 2.05) is 18.4 Å². The minimum absolute atomic E-state index is 0.194. The largest absolute Gasteiger partial charge is 0.486 e. The van der Waals surface area contributed by atoms with Crippen LogP contribution >= 0.6 is 11.3 Å². The van der Waals surface area contributed by atoms with Crippen LogP contribution in [-0.2, 0) is 6.61 Å². The van der Waals surface area contributed by atoms with Gasteiger partial charge in [0.25, 0.3) is 5.91 Å². The number of nitrogens with one attached hydrogen (secondary N) is 1. The molecule has 0 fully saturated rings. The number of hydrogen-bond donors (Lipinski definition) is 1. The topological polar surface area (TPSA) is 69.7 Å². The third kappa shape index (κ3) is 3.48. The average Bonchev–Trinajstić information content (AvgIpc) is 3.28. The Bertz CT molecular complexity index is 954. The van der Waals surface area contributed by atoms with E-state index >= 15 is 0 Å². The molecule has 0 spiro atoms. The number of benzene rings is 2. The Morgan fingerprint density at radius 1 is 1.23 bits per heavy atom. The quantitative estimate of drug-likeness (QED) is 0.737. The van der Waals surface area contributed by atoms with Crippen LogP contribution in [-0.4, -0.2) is 17.7 Å². The monoisotopic (exact) mass is 368 g/mol. The number of nitrogens with zero attached hydrogens (tertiary/aromatic N) is 1. The van der Waals surface area contributed by atoms with Crippen LogP contribution in [0, 0.1) is 6.92 Å². The summed E-state index contributed by atoms with van der Waals surface area (Å²) in [4.78, 5) is 17.0. The highest BCUT2D eigenvalue weighted by atomic mass is 32.1. The van der Waals surface area contributed by atoms with Crippen LogP contribution in [0.4, 0.5) is 5.69 Å². The molecule has 7 heteroatoms. The Morgan fingerprint density at radius 3 is 2.92 bits per heavy atom. The van der Waals surface area contributed by atoms with Gasteiger partial charge in [-0.2, -0.15) is 0 Å². The van der Waals surface area contributed by atoms with Gasteiger partial charge in [-0.05, 0) is 31.2 Å². The molecule has 0 unspecified atom stereocenters. The van der Waals surface area contributed by atoms with Crippen molar-refractivity contribution in [3.63, 3.8) is 0 Å². The number of fused-ring (bicyclic) bond motifs is 1. The van der Waals surface area contributed by atoms with E-state index in [1.165, 1.54) is 0 Å². The summed E-state index contributed by atoms with van der Waals surface area (Å²) < 4.78 is 16.4. The van der Waals surface area contributed by atoms with E-state index in [0.29, 0.717) is 35.1 Å². The molecule has 1 N–H and O–H groups in total. The third-order valence-electron chi connectivity index (χ3n) is 3.80. The molecule has 4 rings (SSSR count). The van der Waals surface area contributed by atoms with Gasteiger partial charge in [0.05, 0.1) is 16.3 Å². The van der Waals surface area contributed by atoms with Crippen molar-refractivity contribution in [2.24, 2.45) is 0 Å². The molecule has 1 aliphatic rings. The molecule has 0 saturated heterocycles. The van der Waals surface area contributed by atoms with Crippen LogP contribution in [0.5, 0.6) is 17.2 Å². The van der Waals surface area contributed by atoms with Crippen LogP contribution in [0.3, 0.4) is 0 Å². The van der Waals surface area contributed by atoms with Crippen LogP contribution in [0.2, 0.25) is 0 Å². The summed E-state index contributed by atoms with van der Waals surface area (Å²) in [5.41, 5.74) is 1.93. The number of aryl methyl sites for hydroxylation is 1. The Balaban J connectivity index is 1.49. The molecule has 0 bridgehead atoms. The Morgan fingerprint density at radius 2 is 2.08 bits per heavy atom. The SMILES string of the molecule is Cc1nc(COc2ccccc2C(=O)Nc2ccc3c(c2)OCO3)cs1. The van der Waals surface area contributed by atoms with Gasteiger partial charge < -0.3 is 19.5 Å². The van der Waals surface area contributed by atoms with Gasteiger partial charge in [0.2, 0.25) is 6.79 Å². The first kappa shape index (κ1) is 16.4. The van der Waals surface area contributed by atoms with Crippen molar-refractivity contribution in [2.45, 2.75) is 13.5 Å². The minimum atomic E-state index is -0.256. The van der Waals surface area contributed by atoms with E-state index in [2.05, 4.69) is 10.3 Å². The first-order chi connectivity index (χ1) is 12.7. The van der Waals surface area contributed by atoms with Gasteiger partial charge in [-0.25, -0.2) is 4.98 Å². The fourth-order valence-corrected chi connectivity index (χ4v) is 3.18. The number of hydrogen-bond acceptors (Lipinski definition) is 6. The van der Waals surface area contributed by atoms with Crippen molar-refractivity contribution < 1.29 is 19.0 Å². The van der Waals surface area contributed by atoms with Crippen molar-refractivity contribution in [2.75, 3.05) is 12.1 Å². The highest BCUT2D eigenvalue weighted by Crippen LogP contribution is 2.34. The van der Waals surface area contributed by atoms with Crippen molar-refractivity contribution in [1.29, 1.82) is 0 Å². The summed E-state index contributed by atoms with van der Waals surface area (Å²) in [7, 11) is 0. The summed E-state index contributed by atoms with van der Waals surface area (Å²) >= 11 is 1.57. The summed E-state index contributed by atoms with van der Waals surface area (Å²) in [5.74, 6) is 1.54. The maximum Gasteiger partial charge on any atom is 0.259 e. The maximum atomic E-state index is 12.7. The second kappa shape index (κ2) is 7.05. The van der Waals surface area contributed by atoms with Gasteiger partial charge in [0.1, 0.15) is 12.4 Å². The molecular weight excluding hydrogens is 352 g/mol. The smallest absolute Gasteiger partial charge is 0.259 e. The molecule has 0 radical (unpaired) electrons. The molecule has 1 aromatic heterocycles. The number of carbonyl (C=O) groups excluding carboxylic acids is 1. The lowest BCUT2D eigenvalue weighted by Crippen LogP contribution is -2.13. The molecule has 132 valence electrons. The molecule has 1 amide bonds. The molecule has 2 heterocycles. The predicted octanol–water partition coefficient (Wildman–Crippen LogP) is 4.01. The van der Waals surface area contributed by atoms with E-state index in [9.17, 15) is 4.79 Å². The molecule has 3 aromatic rings. The molecule has 0 atom stereocenters. The Hall–Kier alpha value is -3.06. The number of carbonyl (C=O) groups is 1. The summed E-state index contributed by atoms with van der Waals surface area (Å²) in [5, 5.41) is 5.80. The lowest BCUT2D eigenvalue weighted by atomic mass is 10.1. The lowest BCUT2D eigenvalue weighted by molar-refractivity contribution is 0.102. The van der Waals surface area contributed by atoms with Crippen molar-refractivity contribution in [3.05, 3.63) is 64.1 Å². The zero-order valence-corrected chi connectivity index (χ0v) is 14.8.